The fourth-order valence-electron chi connectivity index (χ4n) is 3.16. The highest BCUT2D eigenvalue weighted by atomic mass is 16.1. The van der Waals surface area contributed by atoms with Crippen LogP contribution in [-0.4, -0.2) is 11.7 Å². The van der Waals surface area contributed by atoms with Crippen molar-refractivity contribution in [1.29, 1.82) is 0 Å². The second kappa shape index (κ2) is 6.81. The molecule has 4 rings (SSSR count). The van der Waals surface area contributed by atoms with E-state index >= 15 is 0 Å². The fourth-order valence-corrected chi connectivity index (χ4v) is 3.16. The zero-order valence-electron chi connectivity index (χ0n) is 14.1. The highest BCUT2D eigenvalue weighted by Crippen LogP contribution is 2.30. The lowest BCUT2D eigenvalue weighted by atomic mass is 10.1. The molecule has 1 aliphatic rings. The molecule has 0 radical (unpaired) electrons. The van der Waals surface area contributed by atoms with E-state index < -0.39 is 0 Å². The molecule has 1 N–H and O–H groups in total. The van der Waals surface area contributed by atoms with Crippen LogP contribution in [0.15, 0.2) is 84.4 Å². The van der Waals surface area contributed by atoms with Crippen molar-refractivity contribution in [2.24, 2.45) is 0 Å². The molecule has 0 saturated heterocycles. The second-order valence-electron chi connectivity index (χ2n) is 6.28. The van der Waals surface area contributed by atoms with Crippen molar-refractivity contribution in [3.63, 3.8) is 0 Å². The van der Waals surface area contributed by atoms with E-state index in [0.717, 1.165) is 16.7 Å². The van der Waals surface area contributed by atoms with Gasteiger partial charge in [-0.05, 0) is 47.5 Å². The summed E-state index contributed by atoms with van der Waals surface area (Å²) in [6.07, 6.45) is 2.52. The summed E-state index contributed by atoms with van der Waals surface area (Å²) < 4.78 is 0. The number of amides is 1. The Balaban J connectivity index is 1.56. The Labute approximate surface area is 152 Å². The molecule has 0 fully saturated rings. The highest BCUT2D eigenvalue weighted by molar-refractivity contribution is 6.16. The summed E-state index contributed by atoms with van der Waals surface area (Å²) in [5.74, 6) is -0.0975. The van der Waals surface area contributed by atoms with Crippen molar-refractivity contribution in [3.8, 4) is 0 Å². The lowest BCUT2D eigenvalue weighted by Crippen LogP contribution is -2.11. The molecular formula is C23H17NO2. The Morgan fingerprint density at radius 1 is 0.885 bits per heavy atom. The third-order valence-corrected chi connectivity index (χ3v) is 4.46. The number of rotatable bonds is 3. The molecule has 3 heteroatoms. The molecule has 0 aliphatic heterocycles. The lowest BCUT2D eigenvalue weighted by Gasteiger charge is -2.06. The van der Waals surface area contributed by atoms with Crippen molar-refractivity contribution in [1.82, 2.24) is 0 Å². The van der Waals surface area contributed by atoms with Crippen LogP contribution >= 0.6 is 0 Å². The van der Waals surface area contributed by atoms with Gasteiger partial charge in [-0.3, -0.25) is 9.59 Å². The van der Waals surface area contributed by atoms with Crippen LogP contribution in [0.5, 0.6) is 0 Å². The van der Waals surface area contributed by atoms with E-state index in [0.29, 0.717) is 23.2 Å². The molecule has 26 heavy (non-hydrogen) atoms. The number of carbonyl (C=O) groups is 2. The first-order chi connectivity index (χ1) is 12.7. The van der Waals surface area contributed by atoms with Crippen molar-refractivity contribution >= 4 is 23.5 Å². The normalized spacial score (nSPS) is 14.3. The van der Waals surface area contributed by atoms with Gasteiger partial charge < -0.3 is 5.32 Å². The van der Waals surface area contributed by atoms with Crippen LogP contribution in [0.1, 0.15) is 31.8 Å². The SMILES string of the molecule is O=C(Nc1ccc2c(c1)C/C(=C/c1ccccc1)C2=O)c1ccccc1. The van der Waals surface area contributed by atoms with E-state index in [1.165, 1.54) is 0 Å². The van der Waals surface area contributed by atoms with Gasteiger partial charge in [0, 0.05) is 28.8 Å². The molecule has 0 bridgehead atoms. The van der Waals surface area contributed by atoms with Crippen molar-refractivity contribution in [2.75, 3.05) is 5.32 Å². The molecule has 0 saturated carbocycles. The number of nitrogens with one attached hydrogen (secondary N) is 1. The summed E-state index contributed by atoms with van der Waals surface area (Å²) in [5, 5.41) is 2.90. The monoisotopic (exact) mass is 339 g/mol. The van der Waals surface area contributed by atoms with Gasteiger partial charge >= 0.3 is 0 Å². The summed E-state index contributed by atoms with van der Waals surface area (Å²) >= 11 is 0. The maximum absolute atomic E-state index is 12.6. The van der Waals surface area contributed by atoms with Crippen molar-refractivity contribution < 1.29 is 9.59 Å². The molecule has 0 atom stereocenters. The summed E-state index contributed by atoms with van der Waals surface area (Å²) in [4.78, 5) is 24.9. The molecule has 0 heterocycles. The Kier molecular flexibility index (Phi) is 4.20. The first-order valence-corrected chi connectivity index (χ1v) is 8.50. The number of Topliss-reactive ketones (excluding diaryl/α,β-unsaturated/α-hetero) is 1. The predicted octanol–water partition coefficient (Wildman–Crippen LogP) is 4.76. The van der Waals surface area contributed by atoms with Crippen molar-refractivity contribution in [3.05, 3.63) is 107 Å². The Morgan fingerprint density at radius 2 is 1.58 bits per heavy atom. The smallest absolute Gasteiger partial charge is 0.255 e. The van der Waals surface area contributed by atoms with Gasteiger partial charge in [0.15, 0.2) is 5.78 Å². The fraction of sp³-hybridized carbons (Fsp3) is 0.0435. The van der Waals surface area contributed by atoms with Gasteiger partial charge in [0.2, 0.25) is 0 Å². The molecule has 0 spiro atoms. The minimum absolute atomic E-state index is 0.0600. The molecule has 0 aromatic heterocycles. The van der Waals surface area contributed by atoms with Gasteiger partial charge in [-0.1, -0.05) is 48.5 Å². The van der Waals surface area contributed by atoms with Crippen LogP contribution in [0.4, 0.5) is 5.69 Å². The average Bonchev–Trinajstić information content (AvgIpc) is 2.98. The summed E-state index contributed by atoms with van der Waals surface area (Å²) in [5.41, 5.74) is 4.76. The van der Waals surface area contributed by atoms with E-state index in [1.807, 2.05) is 60.7 Å². The van der Waals surface area contributed by atoms with Crippen LogP contribution in [0, 0.1) is 0 Å². The van der Waals surface area contributed by atoms with E-state index in [4.69, 9.17) is 0 Å². The maximum Gasteiger partial charge on any atom is 0.255 e. The number of allylic oxidation sites excluding steroid dienone is 1. The minimum atomic E-state index is -0.157. The van der Waals surface area contributed by atoms with Gasteiger partial charge in [0.1, 0.15) is 0 Å². The molecule has 0 unspecified atom stereocenters. The summed E-state index contributed by atoms with van der Waals surface area (Å²) in [7, 11) is 0. The number of hydrogen-bond donors (Lipinski definition) is 1. The number of fused-ring (bicyclic) bond motifs is 1. The van der Waals surface area contributed by atoms with Crippen LogP contribution < -0.4 is 5.32 Å². The molecule has 3 aromatic rings. The Hall–Kier alpha value is -3.46. The molecule has 1 aliphatic carbocycles. The maximum atomic E-state index is 12.6. The summed E-state index contributed by atoms with van der Waals surface area (Å²) in [6, 6.07) is 24.4. The average molecular weight is 339 g/mol. The topological polar surface area (TPSA) is 46.2 Å². The standard InChI is InChI=1S/C23H17NO2/c25-22-19(13-16-7-3-1-4-8-16)14-18-15-20(11-12-21(18)22)24-23(26)17-9-5-2-6-10-17/h1-13,15H,14H2,(H,24,26)/b19-13-. The Bertz CT molecular complexity index is 1000. The predicted molar refractivity (Wildman–Crippen MR) is 103 cm³/mol. The number of ketones is 1. The van der Waals surface area contributed by atoms with E-state index in [1.54, 1.807) is 24.3 Å². The zero-order valence-corrected chi connectivity index (χ0v) is 14.1. The first-order valence-electron chi connectivity index (χ1n) is 8.50. The molecule has 3 aromatic carbocycles. The number of hydrogen-bond acceptors (Lipinski definition) is 2. The summed E-state index contributed by atoms with van der Waals surface area (Å²) in [6.45, 7) is 0. The Morgan fingerprint density at radius 3 is 2.31 bits per heavy atom. The third kappa shape index (κ3) is 3.20. The molecule has 126 valence electrons. The first kappa shape index (κ1) is 16.0. The molecular weight excluding hydrogens is 322 g/mol. The minimum Gasteiger partial charge on any atom is -0.322 e. The van der Waals surface area contributed by atoms with Crippen LogP contribution in [0.3, 0.4) is 0 Å². The highest BCUT2D eigenvalue weighted by Gasteiger charge is 2.25. The number of carbonyl (C=O) groups excluding carboxylic acids is 2. The van der Waals surface area contributed by atoms with Gasteiger partial charge in [0.25, 0.3) is 5.91 Å². The number of benzene rings is 3. The quantitative estimate of drug-likeness (QED) is 0.699. The van der Waals surface area contributed by atoms with Crippen LogP contribution in [0.25, 0.3) is 6.08 Å². The number of anilines is 1. The largest absolute Gasteiger partial charge is 0.322 e. The van der Waals surface area contributed by atoms with Gasteiger partial charge in [-0.25, -0.2) is 0 Å². The molecule has 3 nitrogen and oxygen atoms in total. The second-order valence-corrected chi connectivity index (χ2v) is 6.28. The van der Waals surface area contributed by atoms with E-state index in [2.05, 4.69) is 5.32 Å². The van der Waals surface area contributed by atoms with Crippen LogP contribution in [-0.2, 0) is 6.42 Å². The van der Waals surface area contributed by atoms with E-state index in [9.17, 15) is 9.59 Å². The zero-order chi connectivity index (χ0) is 17.9. The van der Waals surface area contributed by atoms with Gasteiger partial charge in [-0.2, -0.15) is 0 Å². The van der Waals surface area contributed by atoms with Crippen LogP contribution in [0.2, 0.25) is 0 Å². The molecule has 1 amide bonds. The van der Waals surface area contributed by atoms with Crippen molar-refractivity contribution in [2.45, 2.75) is 6.42 Å². The lowest BCUT2D eigenvalue weighted by molar-refractivity contribution is 0.102. The van der Waals surface area contributed by atoms with E-state index in [-0.39, 0.29) is 11.7 Å². The van der Waals surface area contributed by atoms with Gasteiger partial charge in [-0.15, -0.1) is 0 Å². The van der Waals surface area contributed by atoms with Gasteiger partial charge in [0.05, 0.1) is 0 Å². The third-order valence-electron chi connectivity index (χ3n) is 4.46.